The molecule has 4 N–H and O–H groups in total. The van der Waals surface area contributed by atoms with Crippen molar-refractivity contribution in [1.29, 1.82) is 0 Å². The normalized spacial score (nSPS) is 23.1. The van der Waals surface area contributed by atoms with Crippen molar-refractivity contribution < 1.29 is 13.6 Å². The van der Waals surface area contributed by atoms with E-state index < -0.39 is 10.0 Å². The van der Waals surface area contributed by atoms with Crippen LogP contribution in [0.5, 0.6) is 0 Å². The van der Waals surface area contributed by atoms with Gasteiger partial charge in [-0.05, 0) is 12.8 Å². The second-order valence-corrected chi connectivity index (χ2v) is 6.10. The maximum absolute atomic E-state index is 12.2. The molecule has 1 fully saturated rings. The first-order chi connectivity index (χ1) is 8.55. The Morgan fingerprint density at radius 2 is 2.44 bits per heavy atom. The van der Waals surface area contributed by atoms with E-state index in [9.17, 15) is 8.42 Å². The van der Waals surface area contributed by atoms with Crippen LogP contribution in [0.25, 0.3) is 0 Å². The Morgan fingerprint density at radius 3 is 3.06 bits per heavy atom. The minimum atomic E-state index is -3.55. The number of hydrogen-bond donors (Lipinski definition) is 3. The Labute approximate surface area is 105 Å². The van der Waals surface area contributed by atoms with E-state index in [0.29, 0.717) is 19.4 Å². The van der Waals surface area contributed by atoms with E-state index in [1.54, 1.807) is 0 Å². The first-order valence-electron chi connectivity index (χ1n) is 5.52. The predicted octanol–water partition coefficient (Wildman–Crippen LogP) is -0.443. The van der Waals surface area contributed by atoms with Crippen molar-refractivity contribution in [3.63, 3.8) is 0 Å². The molecule has 0 aromatic carbocycles. The number of piperidine rings is 1. The zero-order valence-electron chi connectivity index (χ0n) is 9.65. The van der Waals surface area contributed by atoms with E-state index in [4.69, 9.17) is 10.9 Å². The molecule has 1 atom stereocenters. The molecule has 8 nitrogen and oxygen atoms in total. The zero-order valence-corrected chi connectivity index (χ0v) is 10.5. The van der Waals surface area contributed by atoms with Crippen molar-refractivity contribution in [1.82, 2.24) is 14.5 Å². The third-order valence-electron chi connectivity index (χ3n) is 3.03. The van der Waals surface area contributed by atoms with Gasteiger partial charge in [-0.15, -0.1) is 0 Å². The molecule has 0 bridgehead atoms. The van der Waals surface area contributed by atoms with Gasteiger partial charge in [0.25, 0.3) is 0 Å². The van der Waals surface area contributed by atoms with Gasteiger partial charge in [0.15, 0.2) is 0 Å². The lowest BCUT2D eigenvalue weighted by molar-refractivity contribution is 0.287. The molecule has 1 aromatic rings. The van der Waals surface area contributed by atoms with Crippen LogP contribution in [0.2, 0.25) is 0 Å². The van der Waals surface area contributed by atoms with Crippen LogP contribution in [-0.4, -0.2) is 47.1 Å². The van der Waals surface area contributed by atoms with Crippen LogP contribution in [0.3, 0.4) is 0 Å². The summed E-state index contributed by atoms with van der Waals surface area (Å²) in [4.78, 5) is 0.127. The molecule has 1 aliphatic heterocycles. The summed E-state index contributed by atoms with van der Waals surface area (Å²) >= 11 is 0. The van der Waals surface area contributed by atoms with Crippen molar-refractivity contribution in [3.05, 3.63) is 12.4 Å². The first-order valence-corrected chi connectivity index (χ1v) is 6.96. The maximum atomic E-state index is 12.2. The lowest BCUT2D eigenvalue weighted by atomic mass is 9.99. The lowest BCUT2D eigenvalue weighted by Crippen LogP contribution is -2.44. The number of nitrogens with two attached hydrogens (primary N) is 1. The van der Waals surface area contributed by atoms with E-state index in [-0.39, 0.29) is 23.2 Å². The summed E-state index contributed by atoms with van der Waals surface area (Å²) in [5.74, 6) is -0.174. The monoisotopic (exact) mass is 273 g/mol. The summed E-state index contributed by atoms with van der Waals surface area (Å²) in [6, 6.07) is 0. The molecule has 0 spiro atoms. The molecule has 1 unspecified atom stereocenters. The quantitative estimate of drug-likeness (QED) is 0.298. The third kappa shape index (κ3) is 2.31. The molecule has 18 heavy (non-hydrogen) atoms. The molecule has 0 radical (unpaired) electrons. The van der Waals surface area contributed by atoms with Gasteiger partial charge in [-0.3, -0.25) is 5.10 Å². The molecule has 0 saturated carbocycles. The maximum Gasteiger partial charge on any atom is 0.246 e. The molecule has 1 aromatic heterocycles. The van der Waals surface area contributed by atoms with Gasteiger partial charge in [-0.2, -0.15) is 9.40 Å². The number of aromatic amines is 1. The predicted molar refractivity (Wildman–Crippen MR) is 63.5 cm³/mol. The van der Waals surface area contributed by atoms with E-state index in [2.05, 4.69) is 15.4 Å². The van der Waals surface area contributed by atoms with E-state index in [0.717, 1.165) is 0 Å². The Balaban J connectivity index is 2.19. The largest absolute Gasteiger partial charge is 0.409 e. The fourth-order valence-corrected chi connectivity index (χ4v) is 3.44. The minimum Gasteiger partial charge on any atom is -0.409 e. The second kappa shape index (κ2) is 4.94. The number of hydrogen-bond acceptors (Lipinski definition) is 5. The van der Waals surface area contributed by atoms with Crippen LogP contribution in [0, 0.1) is 5.92 Å². The molecule has 1 saturated heterocycles. The zero-order chi connectivity index (χ0) is 13.2. The molecule has 9 heteroatoms. The summed E-state index contributed by atoms with van der Waals surface area (Å²) in [6.07, 6.45) is 4.00. The topological polar surface area (TPSA) is 125 Å². The fraction of sp³-hybridized carbons (Fsp3) is 0.556. The van der Waals surface area contributed by atoms with Gasteiger partial charge < -0.3 is 10.9 Å². The van der Waals surface area contributed by atoms with Crippen LogP contribution >= 0.6 is 0 Å². The fourth-order valence-electron chi connectivity index (χ4n) is 2.01. The average molecular weight is 273 g/mol. The molecule has 1 aliphatic rings. The van der Waals surface area contributed by atoms with Crippen molar-refractivity contribution in [2.75, 3.05) is 13.1 Å². The molecule has 0 amide bonds. The Morgan fingerprint density at radius 1 is 1.67 bits per heavy atom. The average Bonchev–Trinajstić information content (AvgIpc) is 2.92. The smallest absolute Gasteiger partial charge is 0.246 e. The van der Waals surface area contributed by atoms with Crippen LogP contribution in [0.15, 0.2) is 22.4 Å². The molecule has 2 rings (SSSR count). The van der Waals surface area contributed by atoms with Crippen molar-refractivity contribution in [3.8, 4) is 0 Å². The van der Waals surface area contributed by atoms with Crippen LogP contribution in [-0.2, 0) is 10.0 Å². The van der Waals surface area contributed by atoms with Crippen LogP contribution in [0.1, 0.15) is 12.8 Å². The number of rotatable bonds is 3. The summed E-state index contributed by atoms with van der Waals surface area (Å²) in [5, 5.41) is 17.7. The van der Waals surface area contributed by atoms with E-state index in [1.807, 2.05) is 0 Å². The van der Waals surface area contributed by atoms with Crippen molar-refractivity contribution in [2.24, 2.45) is 16.8 Å². The number of aromatic nitrogens is 2. The van der Waals surface area contributed by atoms with Crippen LogP contribution in [0.4, 0.5) is 0 Å². The highest BCUT2D eigenvalue weighted by molar-refractivity contribution is 7.89. The highest BCUT2D eigenvalue weighted by Crippen LogP contribution is 2.23. The Hall–Kier alpha value is -1.61. The highest BCUT2D eigenvalue weighted by Gasteiger charge is 2.32. The molecular weight excluding hydrogens is 258 g/mol. The summed E-state index contributed by atoms with van der Waals surface area (Å²) in [7, 11) is -3.55. The van der Waals surface area contributed by atoms with Gasteiger partial charge in [-0.25, -0.2) is 8.42 Å². The first kappa shape index (κ1) is 12.8. The molecule has 2 heterocycles. The van der Waals surface area contributed by atoms with Crippen molar-refractivity contribution >= 4 is 15.9 Å². The summed E-state index contributed by atoms with van der Waals surface area (Å²) in [5.41, 5.74) is 5.53. The van der Waals surface area contributed by atoms with Gasteiger partial charge in [0.05, 0.1) is 6.20 Å². The SMILES string of the molecule is NC(=NO)C1CCCN(S(=O)(=O)c2cn[nH]c2)C1. The number of sulfonamides is 1. The van der Waals surface area contributed by atoms with Crippen molar-refractivity contribution in [2.45, 2.75) is 17.7 Å². The van der Waals surface area contributed by atoms with Crippen LogP contribution < -0.4 is 5.73 Å². The standard InChI is InChI=1S/C9H15N5O3S/c10-9(13-15)7-2-1-3-14(6-7)18(16,17)8-4-11-12-5-8/h4-5,7,15H,1-3,6H2,(H2,10,13)(H,11,12). The number of amidine groups is 1. The minimum absolute atomic E-state index is 0.0714. The van der Waals surface area contributed by atoms with Gasteiger partial charge in [0.2, 0.25) is 10.0 Å². The van der Waals surface area contributed by atoms with Gasteiger partial charge in [-0.1, -0.05) is 5.16 Å². The Kier molecular flexibility index (Phi) is 3.53. The second-order valence-electron chi connectivity index (χ2n) is 4.16. The summed E-state index contributed by atoms with van der Waals surface area (Å²) in [6.45, 7) is 0.659. The molecule has 100 valence electrons. The van der Waals surface area contributed by atoms with Gasteiger partial charge in [0.1, 0.15) is 10.7 Å². The Bertz CT molecular complexity index is 524. The highest BCUT2D eigenvalue weighted by atomic mass is 32.2. The number of nitrogens with one attached hydrogen (secondary N) is 1. The van der Waals surface area contributed by atoms with E-state index >= 15 is 0 Å². The lowest BCUT2D eigenvalue weighted by Gasteiger charge is -2.30. The third-order valence-corrected chi connectivity index (χ3v) is 4.86. The number of nitrogens with zero attached hydrogens (tertiary/aromatic N) is 3. The number of oxime groups is 1. The van der Waals surface area contributed by atoms with Gasteiger partial charge in [0, 0.05) is 25.2 Å². The molecule has 0 aliphatic carbocycles. The summed E-state index contributed by atoms with van der Waals surface area (Å²) < 4.78 is 25.8. The number of H-pyrrole nitrogens is 1. The van der Waals surface area contributed by atoms with E-state index in [1.165, 1.54) is 16.7 Å². The van der Waals surface area contributed by atoms with Gasteiger partial charge >= 0.3 is 0 Å². The molecular formula is C9H15N5O3S.